The summed E-state index contributed by atoms with van der Waals surface area (Å²) < 4.78 is 17.8. The number of methoxy groups -OCH3 is 1. The fourth-order valence-electron chi connectivity index (χ4n) is 5.04. The van der Waals surface area contributed by atoms with Crippen LogP contribution in [-0.2, 0) is 6.54 Å². The first kappa shape index (κ1) is 25.6. The Bertz CT molecular complexity index is 1540. The van der Waals surface area contributed by atoms with Gasteiger partial charge in [0.05, 0.1) is 30.7 Å². The first-order chi connectivity index (χ1) is 18.4. The average molecular weight is 512 g/mol. The Hall–Kier alpha value is -4.06. The van der Waals surface area contributed by atoms with Crippen LogP contribution in [0, 0.1) is 13.8 Å². The van der Waals surface area contributed by atoms with Crippen LogP contribution in [-0.4, -0.2) is 24.5 Å². The summed E-state index contributed by atoms with van der Waals surface area (Å²) in [5.41, 5.74) is 4.41. The molecule has 0 spiro atoms. The molecule has 1 unspecified atom stereocenters. The van der Waals surface area contributed by atoms with Crippen LogP contribution in [0.15, 0.2) is 69.9 Å². The van der Waals surface area contributed by atoms with Crippen LogP contribution in [0.4, 0.5) is 0 Å². The number of carbonyl (C=O) groups is 1. The summed E-state index contributed by atoms with van der Waals surface area (Å²) in [6, 6.07) is 18.5. The molecule has 1 aliphatic heterocycles. The Morgan fingerprint density at radius 2 is 1.66 bits per heavy atom. The predicted molar refractivity (Wildman–Crippen MR) is 148 cm³/mol. The molecule has 1 atom stereocenters. The lowest BCUT2D eigenvalue weighted by molar-refractivity contribution is 0.0714. The number of carbonyl (C=O) groups excluding carboxylic acids is 1. The zero-order valence-electron chi connectivity index (χ0n) is 22.4. The summed E-state index contributed by atoms with van der Waals surface area (Å²) in [4.78, 5) is 29.4. The predicted octanol–water partition coefficient (Wildman–Crippen LogP) is 6.73. The molecule has 6 nitrogen and oxygen atoms in total. The topological polar surface area (TPSA) is 69.0 Å². The molecule has 6 heteroatoms. The van der Waals surface area contributed by atoms with Gasteiger partial charge in [-0.25, -0.2) is 0 Å². The van der Waals surface area contributed by atoms with Crippen molar-refractivity contribution in [1.29, 1.82) is 0 Å². The molecule has 5 rings (SSSR count). The quantitative estimate of drug-likeness (QED) is 0.233. The number of aryl methyl sites for hydroxylation is 2. The van der Waals surface area contributed by atoms with Crippen LogP contribution < -0.4 is 14.9 Å². The highest BCUT2D eigenvalue weighted by molar-refractivity contribution is 5.99. The molecule has 0 N–H and O–H groups in total. The van der Waals surface area contributed by atoms with Crippen molar-refractivity contribution in [2.45, 2.75) is 52.6 Å². The van der Waals surface area contributed by atoms with Crippen molar-refractivity contribution >= 4 is 16.9 Å². The Morgan fingerprint density at radius 1 is 0.895 bits per heavy atom. The van der Waals surface area contributed by atoms with Gasteiger partial charge in [0.1, 0.15) is 5.58 Å². The monoisotopic (exact) mass is 511 g/mol. The van der Waals surface area contributed by atoms with E-state index in [0.717, 1.165) is 41.5 Å². The number of hydrogen-bond acceptors (Lipinski definition) is 5. The van der Waals surface area contributed by atoms with Gasteiger partial charge in [0.15, 0.2) is 16.9 Å². The smallest absolute Gasteiger partial charge is 0.291 e. The van der Waals surface area contributed by atoms with E-state index in [2.05, 4.69) is 6.92 Å². The molecule has 1 amide bonds. The van der Waals surface area contributed by atoms with Crippen molar-refractivity contribution in [3.63, 3.8) is 0 Å². The number of amides is 1. The minimum atomic E-state index is -0.622. The average Bonchev–Trinajstić information content (AvgIpc) is 3.19. The Kier molecular flexibility index (Phi) is 7.23. The van der Waals surface area contributed by atoms with Crippen molar-refractivity contribution in [3.8, 4) is 11.5 Å². The maximum Gasteiger partial charge on any atom is 0.291 e. The molecule has 1 aromatic heterocycles. The first-order valence-corrected chi connectivity index (χ1v) is 13.2. The van der Waals surface area contributed by atoms with Crippen molar-refractivity contribution in [2.24, 2.45) is 0 Å². The van der Waals surface area contributed by atoms with Gasteiger partial charge in [0.25, 0.3) is 5.91 Å². The SMILES string of the molecule is CCCCCOc1ccc(C2c3c(oc4ccc(C)cc4c3=O)C(=O)N2Cc2ccc(C)cc2)cc1OC. The third-order valence-corrected chi connectivity index (χ3v) is 7.10. The maximum atomic E-state index is 13.9. The van der Waals surface area contributed by atoms with Crippen LogP contribution in [0.2, 0.25) is 0 Å². The zero-order valence-corrected chi connectivity index (χ0v) is 22.4. The van der Waals surface area contributed by atoms with Crippen molar-refractivity contribution in [3.05, 3.63) is 104 Å². The van der Waals surface area contributed by atoms with E-state index in [1.165, 1.54) is 0 Å². The molecule has 0 saturated heterocycles. The highest BCUT2D eigenvalue weighted by Crippen LogP contribution is 2.41. The number of rotatable bonds is 9. The van der Waals surface area contributed by atoms with Gasteiger partial charge in [-0.05, 0) is 55.7 Å². The van der Waals surface area contributed by atoms with Crippen LogP contribution >= 0.6 is 0 Å². The van der Waals surface area contributed by atoms with E-state index in [4.69, 9.17) is 13.9 Å². The van der Waals surface area contributed by atoms with Crippen molar-refractivity contribution < 1.29 is 18.7 Å². The highest BCUT2D eigenvalue weighted by atomic mass is 16.5. The highest BCUT2D eigenvalue weighted by Gasteiger charge is 2.43. The summed E-state index contributed by atoms with van der Waals surface area (Å²) >= 11 is 0. The third kappa shape index (κ3) is 4.78. The van der Waals surface area contributed by atoms with Crippen molar-refractivity contribution in [2.75, 3.05) is 13.7 Å². The largest absolute Gasteiger partial charge is 0.493 e. The fraction of sp³-hybridized carbons (Fsp3) is 0.312. The second-order valence-corrected chi connectivity index (χ2v) is 9.96. The molecule has 0 fully saturated rings. The summed E-state index contributed by atoms with van der Waals surface area (Å²) in [5, 5.41) is 0.474. The van der Waals surface area contributed by atoms with Crippen LogP contribution in [0.5, 0.6) is 11.5 Å². The molecule has 4 aromatic rings. The molecule has 2 heterocycles. The van der Waals surface area contributed by atoms with Gasteiger partial charge in [-0.1, -0.05) is 67.3 Å². The Balaban J connectivity index is 1.62. The molecule has 38 heavy (non-hydrogen) atoms. The van der Waals surface area contributed by atoms with E-state index in [0.29, 0.717) is 41.2 Å². The first-order valence-electron chi connectivity index (χ1n) is 13.2. The van der Waals surface area contributed by atoms with E-state index in [-0.39, 0.29) is 17.1 Å². The number of nitrogens with zero attached hydrogens (tertiary/aromatic N) is 1. The van der Waals surface area contributed by atoms with Gasteiger partial charge in [-0.15, -0.1) is 0 Å². The van der Waals surface area contributed by atoms with E-state index in [1.807, 2.05) is 68.4 Å². The fourth-order valence-corrected chi connectivity index (χ4v) is 5.04. The lowest BCUT2D eigenvalue weighted by Crippen LogP contribution is -2.29. The molecule has 0 aliphatic carbocycles. The normalized spacial score (nSPS) is 14.7. The van der Waals surface area contributed by atoms with E-state index >= 15 is 0 Å². The molecular weight excluding hydrogens is 478 g/mol. The summed E-state index contributed by atoms with van der Waals surface area (Å²) in [5.74, 6) is 1.01. The van der Waals surface area contributed by atoms with Gasteiger partial charge in [0, 0.05) is 6.54 Å². The third-order valence-electron chi connectivity index (χ3n) is 7.10. The molecular formula is C32H33NO5. The number of unbranched alkanes of at least 4 members (excludes halogenated alkanes) is 2. The van der Waals surface area contributed by atoms with Crippen LogP contribution in [0.25, 0.3) is 11.0 Å². The Morgan fingerprint density at radius 3 is 2.39 bits per heavy atom. The van der Waals surface area contributed by atoms with Crippen LogP contribution in [0.3, 0.4) is 0 Å². The van der Waals surface area contributed by atoms with Crippen molar-refractivity contribution in [1.82, 2.24) is 4.90 Å². The van der Waals surface area contributed by atoms with Gasteiger partial charge >= 0.3 is 0 Å². The molecule has 0 bridgehead atoms. The Labute approximate surface area is 222 Å². The van der Waals surface area contributed by atoms with Gasteiger partial charge in [0.2, 0.25) is 5.76 Å². The van der Waals surface area contributed by atoms with Gasteiger partial charge in [-0.3, -0.25) is 9.59 Å². The summed E-state index contributed by atoms with van der Waals surface area (Å²) in [7, 11) is 1.60. The second-order valence-electron chi connectivity index (χ2n) is 9.96. The molecule has 3 aromatic carbocycles. The maximum absolute atomic E-state index is 13.9. The van der Waals surface area contributed by atoms with E-state index < -0.39 is 6.04 Å². The lowest BCUT2D eigenvalue weighted by Gasteiger charge is -2.26. The molecule has 1 aliphatic rings. The van der Waals surface area contributed by atoms with Gasteiger partial charge < -0.3 is 18.8 Å². The second kappa shape index (κ2) is 10.7. The minimum absolute atomic E-state index is 0.0994. The van der Waals surface area contributed by atoms with Crippen LogP contribution in [0.1, 0.15) is 70.6 Å². The summed E-state index contributed by atoms with van der Waals surface area (Å²) in [6.07, 6.45) is 3.17. The molecule has 196 valence electrons. The van der Waals surface area contributed by atoms with E-state index in [9.17, 15) is 9.59 Å². The summed E-state index contributed by atoms with van der Waals surface area (Å²) in [6.45, 7) is 7.04. The standard InChI is InChI=1S/C32H33NO5/c1-5-6-7-16-37-26-15-13-23(18-27(26)36-4)29-28-30(34)24-17-21(3)10-14-25(24)38-31(28)32(35)33(29)19-22-11-8-20(2)9-12-22/h8-15,17-18,29H,5-7,16,19H2,1-4H3. The molecule has 0 saturated carbocycles. The number of hydrogen-bond donors (Lipinski definition) is 0. The lowest BCUT2D eigenvalue weighted by atomic mass is 9.97. The number of benzene rings is 3. The minimum Gasteiger partial charge on any atom is -0.493 e. The number of ether oxygens (including phenoxy) is 2. The van der Waals surface area contributed by atoms with Gasteiger partial charge in [-0.2, -0.15) is 0 Å². The number of fused-ring (bicyclic) bond motifs is 2. The van der Waals surface area contributed by atoms with E-state index in [1.54, 1.807) is 18.1 Å². The zero-order chi connectivity index (χ0) is 26.8. The molecule has 0 radical (unpaired) electrons.